The van der Waals surface area contributed by atoms with Gasteiger partial charge in [0.2, 0.25) is 5.91 Å². The molecule has 0 bridgehead atoms. The monoisotopic (exact) mass is 349 g/mol. The summed E-state index contributed by atoms with van der Waals surface area (Å²) >= 11 is 0. The molecule has 4 unspecified atom stereocenters. The van der Waals surface area contributed by atoms with Crippen molar-refractivity contribution in [3.63, 3.8) is 0 Å². The van der Waals surface area contributed by atoms with Gasteiger partial charge in [-0.05, 0) is 38.0 Å². The fourth-order valence-electron chi connectivity index (χ4n) is 5.12. The van der Waals surface area contributed by atoms with E-state index in [-0.39, 0.29) is 5.92 Å². The number of rotatable bonds is 6. The van der Waals surface area contributed by atoms with E-state index in [2.05, 4.69) is 36.2 Å². The molecule has 3 rings (SSSR count). The van der Waals surface area contributed by atoms with Crippen LogP contribution < -0.4 is 5.32 Å². The molecule has 2 fully saturated rings. The number of amides is 1. The minimum absolute atomic E-state index is 0.177. The van der Waals surface area contributed by atoms with Crippen molar-refractivity contribution in [1.82, 2.24) is 4.90 Å². The third-order valence-corrected chi connectivity index (χ3v) is 6.54. The van der Waals surface area contributed by atoms with Gasteiger partial charge in [0, 0.05) is 31.5 Å². The first kappa shape index (κ1) is 18.9. The maximum Gasteiger partial charge on any atom is 0.231 e. The van der Waals surface area contributed by atoms with E-state index >= 15 is 0 Å². The third-order valence-electron chi connectivity index (χ3n) is 6.54. The van der Waals surface area contributed by atoms with E-state index in [0.29, 0.717) is 29.8 Å². The second kappa shape index (κ2) is 9.18. The molecule has 25 heavy (non-hydrogen) atoms. The lowest BCUT2D eigenvalue weighted by Gasteiger charge is -2.39. The van der Waals surface area contributed by atoms with Crippen LogP contribution >= 0.6 is 0 Å². The first-order valence-electron chi connectivity index (χ1n) is 10.6. The molecule has 0 radical (unpaired) electrons. The number of nitrogens with zero attached hydrogens (tertiary/aromatic N) is 1. The Balaban J connectivity index is 1.73. The summed E-state index contributed by atoms with van der Waals surface area (Å²) in [5.41, 5.74) is 0. The summed E-state index contributed by atoms with van der Waals surface area (Å²) < 4.78 is 6.34. The van der Waals surface area contributed by atoms with Crippen LogP contribution in [-0.4, -0.2) is 49.7 Å². The molecule has 0 aromatic carbocycles. The van der Waals surface area contributed by atoms with E-state index in [1.165, 1.54) is 19.3 Å². The molecule has 142 valence electrons. The highest BCUT2D eigenvalue weighted by atomic mass is 16.5. The standard InChI is InChI=1S/C21H36N2O2/c1-3-13-25-20-16(4-2)9-8-10-17(20)18-14-22-15-19(18)21(24)23-11-6-5-7-12-23/h8,10,16-20,22H,3-7,9,11-15H2,1-2H3/p+1/t16?,17?,18-,19?,20?/m0/s1. The van der Waals surface area contributed by atoms with Crippen molar-refractivity contribution in [3.05, 3.63) is 12.2 Å². The van der Waals surface area contributed by atoms with Gasteiger partial charge in [-0.1, -0.05) is 32.4 Å². The van der Waals surface area contributed by atoms with Crippen molar-refractivity contribution in [1.29, 1.82) is 0 Å². The number of nitrogens with two attached hydrogens (primary N) is 1. The average Bonchev–Trinajstić information content (AvgIpc) is 3.15. The summed E-state index contributed by atoms with van der Waals surface area (Å²) in [5, 5.41) is 2.36. The molecule has 4 nitrogen and oxygen atoms in total. The number of carbonyl (C=O) groups is 1. The Morgan fingerprint density at radius 3 is 2.72 bits per heavy atom. The van der Waals surface area contributed by atoms with Crippen LogP contribution in [0.3, 0.4) is 0 Å². The molecule has 2 heterocycles. The Morgan fingerprint density at radius 2 is 2.00 bits per heavy atom. The van der Waals surface area contributed by atoms with Gasteiger partial charge in [-0.3, -0.25) is 4.79 Å². The zero-order valence-electron chi connectivity index (χ0n) is 16.2. The zero-order valence-corrected chi connectivity index (χ0v) is 16.2. The van der Waals surface area contributed by atoms with Crippen LogP contribution in [0.1, 0.15) is 52.4 Å². The minimum Gasteiger partial charge on any atom is -0.377 e. The van der Waals surface area contributed by atoms with E-state index in [1.807, 2.05) is 0 Å². The fraction of sp³-hybridized carbons (Fsp3) is 0.857. The molecule has 2 N–H and O–H groups in total. The Kier molecular flexibility index (Phi) is 6.94. The van der Waals surface area contributed by atoms with Crippen LogP contribution in [0.4, 0.5) is 0 Å². The number of quaternary nitrogens is 1. The second-order valence-electron chi connectivity index (χ2n) is 8.16. The van der Waals surface area contributed by atoms with Crippen molar-refractivity contribution in [3.8, 4) is 0 Å². The molecule has 5 atom stereocenters. The largest absolute Gasteiger partial charge is 0.377 e. The van der Waals surface area contributed by atoms with Gasteiger partial charge in [-0.2, -0.15) is 0 Å². The van der Waals surface area contributed by atoms with Crippen molar-refractivity contribution in [2.45, 2.75) is 58.5 Å². The first-order chi connectivity index (χ1) is 12.3. The number of ether oxygens (including phenoxy) is 1. The van der Waals surface area contributed by atoms with Gasteiger partial charge in [0.05, 0.1) is 25.1 Å². The van der Waals surface area contributed by atoms with E-state index < -0.39 is 0 Å². The summed E-state index contributed by atoms with van der Waals surface area (Å²) in [6.45, 7) is 9.27. The lowest BCUT2D eigenvalue weighted by Crippen LogP contribution is -2.82. The number of likely N-dealkylation sites (tertiary alicyclic amines) is 1. The normalized spacial score (nSPS) is 35.9. The molecule has 2 aliphatic heterocycles. The molecule has 1 amide bonds. The maximum atomic E-state index is 13.2. The predicted octanol–water partition coefficient (Wildman–Crippen LogP) is 2.21. The Labute approximate surface area is 153 Å². The van der Waals surface area contributed by atoms with Crippen LogP contribution in [-0.2, 0) is 9.53 Å². The average molecular weight is 350 g/mol. The lowest BCUT2D eigenvalue weighted by atomic mass is 9.72. The van der Waals surface area contributed by atoms with Crippen LogP contribution in [0.25, 0.3) is 0 Å². The molecule has 0 saturated carbocycles. The first-order valence-corrected chi connectivity index (χ1v) is 10.6. The van der Waals surface area contributed by atoms with Crippen molar-refractivity contribution >= 4 is 5.91 Å². The quantitative estimate of drug-likeness (QED) is 0.747. The molecule has 4 heteroatoms. The summed E-state index contributed by atoms with van der Waals surface area (Å²) in [5.74, 6) is 2.04. The van der Waals surface area contributed by atoms with Crippen LogP contribution in [0.2, 0.25) is 0 Å². The Bertz CT molecular complexity index is 459. The Hall–Kier alpha value is -0.870. The Morgan fingerprint density at radius 1 is 1.20 bits per heavy atom. The molecule has 1 aliphatic carbocycles. The fourth-order valence-corrected chi connectivity index (χ4v) is 5.12. The van der Waals surface area contributed by atoms with Crippen LogP contribution in [0, 0.1) is 23.7 Å². The molecular formula is C21H37N2O2+. The minimum atomic E-state index is 0.177. The van der Waals surface area contributed by atoms with Gasteiger partial charge < -0.3 is 15.0 Å². The second-order valence-corrected chi connectivity index (χ2v) is 8.16. The van der Waals surface area contributed by atoms with E-state index in [0.717, 1.165) is 52.0 Å². The van der Waals surface area contributed by atoms with Gasteiger partial charge in [0.1, 0.15) is 0 Å². The molecule has 0 aromatic heterocycles. The van der Waals surface area contributed by atoms with Crippen molar-refractivity contribution in [2.75, 3.05) is 32.8 Å². The van der Waals surface area contributed by atoms with E-state index in [9.17, 15) is 4.79 Å². The third kappa shape index (κ3) is 4.28. The van der Waals surface area contributed by atoms with Crippen molar-refractivity contribution < 1.29 is 14.8 Å². The molecular weight excluding hydrogens is 312 g/mol. The number of piperidine rings is 1. The van der Waals surface area contributed by atoms with Crippen LogP contribution in [0.5, 0.6) is 0 Å². The number of carbonyl (C=O) groups excluding carboxylic acids is 1. The highest BCUT2D eigenvalue weighted by Gasteiger charge is 2.46. The zero-order chi connectivity index (χ0) is 17.6. The summed E-state index contributed by atoms with van der Waals surface area (Å²) in [6.07, 6.45) is 12.0. The SMILES string of the molecule is CCCOC1C(CC)CC=CC1[C@@H]1C[NH2+]CC1C(=O)N1CCCCC1. The summed E-state index contributed by atoms with van der Waals surface area (Å²) in [4.78, 5) is 15.3. The van der Waals surface area contributed by atoms with Gasteiger partial charge in [0.15, 0.2) is 0 Å². The van der Waals surface area contributed by atoms with Gasteiger partial charge in [-0.15, -0.1) is 0 Å². The number of hydrogen-bond donors (Lipinski definition) is 1. The number of hydrogen-bond acceptors (Lipinski definition) is 2. The molecule has 2 saturated heterocycles. The number of allylic oxidation sites excluding steroid dienone is 1. The van der Waals surface area contributed by atoms with Crippen LogP contribution in [0.15, 0.2) is 12.2 Å². The smallest absolute Gasteiger partial charge is 0.231 e. The lowest BCUT2D eigenvalue weighted by molar-refractivity contribution is -0.640. The molecule has 3 aliphatic rings. The molecule has 0 spiro atoms. The van der Waals surface area contributed by atoms with E-state index in [4.69, 9.17) is 4.74 Å². The highest BCUT2D eigenvalue weighted by Crippen LogP contribution is 2.37. The topological polar surface area (TPSA) is 46.1 Å². The molecule has 0 aromatic rings. The van der Waals surface area contributed by atoms with E-state index in [1.54, 1.807) is 0 Å². The van der Waals surface area contributed by atoms with Crippen molar-refractivity contribution in [2.24, 2.45) is 23.7 Å². The predicted molar refractivity (Wildman–Crippen MR) is 100 cm³/mol. The summed E-state index contributed by atoms with van der Waals surface area (Å²) in [6, 6.07) is 0. The van der Waals surface area contributed by atoms with Gasteiger partial charge in [-0.25, -0.2) is 0 Å². The van der Waals surface area contributed by atoms with Gasteiger partial charge in [0.25, 0.3) is 0 Å². The van der Waals surface area contributed by atoms with Gasteiger partial charge >= 0.3 is 0 Å². The highest BCUT2D eigenvalue weighted by molar-refractivity contribution is 5.79. The maximum absolute atomic E-state index is 13.2. The summed E-state index contributed by atoms with van der Waals surface area (Å²) in [7, 11) is 0.